The number of carbonyl (C=O) groups is 1. The number of amides is 1. The number of nitrogens with zero attached hydrogens (tertiary/aromatic N) is 3. The second kappa shape index (κ2) is 5.96. The van der Waals surface area contributed by atoms with E-state index < -0.39 is 0 Å². The highest BCUT2D eigenvalue weighted by molar-refractivity contribution is 6.31. The summed E-state index contributed by atoms with van der Waals surface area (Å²) in [6.45, 7) is 4.72. The van der Waals surface area contributed by atoms with E-state index in [1.54, 1.807) is 23.2 Å². The maximum Gasteiger partial charge on any atom is 0.232 e. The summed E-state index contributed by atoms with van der Waals surface area (Å²) in [4.78, 5) is 18.0. The number of rotatable bonds is 4. The fraction of sp³-hybridized carbons (Fsp3) is 0.400. The average molecular weight is 322 g/mol. The van der Waals surface area contributed by atoms with Crippen molar-refractivity contribution in [1.29, 1.82) is 0 Å². The SMILES string of the molecule is Cc1noc(C)c1CC(=O)N1CC(Oc2ncccc2Cl)C1. The number of carbonyl (C=O) groups excluding carboxylic acids is 1. The Kier molecular flexibility index (Phi) is 4.02. The van der Waals surface area contributed by atoms with E-state index in [4.69, 9.17) is 20.9 Å². The molecule has 0 saturated carbocycles. The summed E-state index contributed by atoms with van der Waals surface area (Å²) in [7, 11) is 0. The molecule has 0 spiro atoms. The lowest BCUT2D eigenvalue weighted by atomic mass is 10.1. The fourth-order valence-corrected chi connectivity index (χ4v) is 2.52. The first-order valence-corrected chi connectivity index (χ1v) is 7.39. The highest BCUT2D eigenvalue weighted by atomic mass is 35.5. The normalized spacial score (nSPS) is 14.8. The van der Waals surface area contributed by atoms with Gasteiger partial charge in [-0.15, -0.1) is 0 Å². The molecule has 1 aliphatic heterocycles. The molecule has 3 rings (SSSR count). The Morgan fingerprint density at radius 2 is 2.27 bits per heavy atom. The van der Waals surface area contributed by atoms with Gasteiger partial charge in [-0.25, -0.2) is 4.98 Å². The van der Waals surface area contributed by atoms with E-state index in [1.807, 2.05) is 13.8 Å². The van der Waals surface area contributed by atoms with Crippen molar-refractivity contribution in [2.75, 3.05) is 13.1 Å². The topological polar surface area (TPSA) is 68.5 Å². The second-order valence-electron chi connectivity index (χ2n) is 5.31. The maximum absolute atomic E-state index is 12.2. The zero-order valence-corrected chi connectivity index (χ0v) is 13.1. The largest absolute Gasteiger partial charge is 0.470 e. The van der Waals surface area contributed by atoms with E-state index in [0.29, 0.717) is 36.2 Å². The highest BCUT2D eigenvalue weighted by Gasteiger charge is 2.33. The van der Waals surface area contributed by atoms with Crippen LogP contribution in [0.4, 0.5) is 0 Å². The minimum absolute atomic E-state index is 0.0429. The number of pyridine rings is 1. The monoisotopic (exact) mass is 321 g/mol. The van der Waals surface area contributed by atoms with Gasteiger partial charge in [0.2, 0.25) is 11.8 Å². The molecule has 3 heterocycles. The zero-order valence-electron chi connectivity index (χ0n) is 12.4. The first-order chi connectivity index (χ1) is 10.5. The number of hydrogen-bond donors (Lipinski definition) is 0. The van der Waals surface area contributed by atoms with Gasteiger partial charge in [-0.3, -0.25) is 4.79 Å². The summed E-state index contributed by atoms with van der Waals surface area (Å²) in [6, 6.07) is 3.47. The minimum Gasteiger partial charge on any atom is -0.470 e. The molecule has 0 radical (unpaired) electrons. The molecule has 0 unspecified atom stereocenters. The van der Waals surface area contributed by atoms with Crippen molar-refractivity contribution in [1.82, 2.24) is 15.0 Å². The van der Waals surface area contributed by atoms with E-state index in [0.717, 1.165) is 11.3 Å². The number of halogens is 1. The van der Waals surface area contributed by atoms with E-state index >= 15 is 0 Å². The standard InChI is InChI=1S/C15H16ClN3O3/c1-9-12(10(2)22-18-9)6-14(20)19-7-11(8-19)21-15-13(16)4-3-5-17-15/h3-5,11H,6-8H2,1-2H3. The van der Waals surface area contributed by atoms with Crippen LogP contribution in [-0.4, -0.2) is 40.1 Å². The van der Waals surface area contributed by atoms with Crippen molar-refractivity contribution in [3.8, 4) is 5.88 Å². The van der Waals surface area contributed by atoms with Gasteiger partial charge in [0.05, 0.1) is 25.2 Å². The predicted octanol–water partition coefficient (Wildman–Crippen LogP) is 2.17. The lowest BCUT2D eigenvalue weighted by Crippen LogP contribution is -2.56. The van der Waals surface area contributed by atoms with Crippen LogP contribution in [0.15, 0.2) is 22.9 Å². The molecule has 0 atom stereocenters. The molecular weight excluding hydrogens is 306 g/mol. The number of aromatic nitrogens is 2. The molecule has 2 aromatic heterocycles. The third kappa shape index (κ3) is 2.92. The number of aryl methyl sites for hydroxylation is 2. The van der Waals surface area contributed by atoms with Crippen LogP contribution in [0.5, 0.6) is 5.88 Å². The van der Waals surface area contributed by atoms with Crippen LogP contribution in [0.1, 0.15) is 17.0 Å². The van der Waals surface area contributed by atoms with Crippen molar-refractivity contribution in [3.63, 3.8) is 0 Å². The van der Waals surface area contributed by atoms with Crippen LogP contribution in [-0.2, 0) is 11.2 Å². The Hall–Kier alpha value is -2.08. The Morgan fingerprint density at radius 1 is 1.50 bits per heavy atom. The molecule has 6 nitrogen and oxygen atoms in total. The minimum atomic E-state index is -0.0685. The van der Waals surface area contributed by atoms with Gasteiger partial charge in [-0.1, -0.05) is 16.8 Å². The van der Waals surface area contributed by atoms with Gasteiger partial charge in [0.25, 0.3) is 0 Å². The molecule has 1 saturated heterocycles. The Morgan fingerprint density at radius 3 is 2.91 bits per heavy atom. The first kappa shape index (κ1) is 14.8. The van der Waals surface area contributed by atoms with Crippen LogP contribution in [0.2, 0.25) is 5.02 Å². The Labute approximate surface area is 133 Å². The molecular formula is C15H16ClN3O3. The van der Waals surface area contributed by atoms with Crippen LogP contribution in [0, 0.1) is 13.8 Å². The Balaban J connectivity index is 1.53. The van der Waals surface area contributed by atoms with Gasteiger partial charge >= 0.3 is 0 Å². The third-order valence-corrected chi connectivity index (χ3v) is 4.00. The first-order valence-electron chi connectivity index (χ1n) is 7.01. The van der Waals surface area contributed by atoms with Gasteiger partial charge in [-0.2, -0.15) is 0 Å². The summed E-state index contributed by atoms with van der Waals surface area (Å²) < 4.78 is 10.7. The molecule has 0 aliphatic carbocycles. The van der Waals surface area contributed by atoms with E-state index in [1.165, 1.54) is 0 Å². The molecule has 0 N–H and O–H groups in total. The van der Waals surface area contributed by atoms with Crippen molar-refractivity contribution in [2.45, 2.75) is 26.4 Å². The van der Waals surface area contributed by atoms with Gasteiger partial charge < -0.3 is 14.2 Å². The van der Waals surface area contributed by atoms with Gasteiger partial charge in [0.15, 0.2) is 0 Å². The number of likely N-dealkylation sites (tertiary alicyclic amines) is 1. The van der Waals surface area contributed by atoms with Crippen molar-refractivity contribution in [3.05, 3.63) is 40.4 Å². The molecule has 116 valence electrons. The van der Waals surface area contributed by atoms with Crippen LogP contribution in [0.3, 0.4) is 0 Å². The molecule has 22 heavy (non-hydrogen) atoms. The molecule has 7 heteroatoms. The van der Waals surface area contributed by atoms with Gasteiger partial charge in [0.1, 0.15) is 16.9 Å². The molecule has 1 amide bonds. The van der Waals surface area contributed by atoms with Crippen molar-refractivity contribution >= 4 is 17.5 Å². The molecule has 2 aromatic rings. The second-order valence-corrected chi connectivity index (χ2v) is 5.72. The zero-order chi connectivity index (χ0) is 15.7. The molecule has 1 fully saturated rings. The fourth-order valence-electron chi connectivity index (χ4n) is 2.35. The summed E-state index contributed by atoms with van der Waals surface area (Å²) in [5, 5.41) is 4.33. The maximum atomic E-state index is 12.2. The van der Waals surface area contributed by atoms with E-state index in [-0.39, 0.29) is 12.0 Å². The Bertz CT molecular complexity index is 676. The quantitative estimate of drug-likeness (QED) is 0.863. The summed E-state index contributed by atoms with van der Waals surface area (Å²) >= 11 is 5.99. The van der Waals surface area contributed by atoms with Gasteiger partial charge in [-0.05, 0) is 26.0 Å². The lowest BCUT2D eigenvalue weighted by molar-refractivity contribution is -0.139. The van der Waals surface area contributed by atoms with Crippen LogP contribution >= 0.6 is 11.6 Å². The third-order valence-electron chi connectivity index (χ3n) is 3.71. The summed E-state index contributed by atoms with van der Waals surface area (Å²) in [5.74, 6) is 1.15. The molecule has 0 bridgehead atoms. The highest BCUT2D eigenvalue weighted by Crippen LogP contribution is 2.24. The van der Waals surface area contributed by atoms with Crippen molar-refractivity contribution in [2.24, 2.45) is 0 Å². The lowest BCUT2D eigenvalue weighted by Gasteiger charge is -2.38. The van der Waals surface area contributed by atoms with Crippen LogP contribution < -0.4 is 4.74 Å². The summed E-state index contributed by atoms with van der Waals surface area (Å²) in [5.41, 5.74) is 1.63. The van der Waals surface area contributed by atoms with E-state index in [9.17, 15) is 4.79 Å². The van der Waals surface area contributed by atoms with Crippen molar-refractivity contribution < 1.29 is 14.1 Å². The number of hydrogen-bond acceptors (Lipinski definition) is 5. The van der Waals surface area contributed by atoms with Crippen LogP contribution in [0.25, 0.3) is 0 Å². The average Bonchev–Trinajstić information content (AvgIpc) is 2.76. The van der Waals surface area contributed by atoms with Gasteiger partial charge in [0, 0.05) is 11.8 Å². The molecule has 1 aliphatic rings. The number of ether oxygens (including phenoxy) is 1. The summed E-state index contributed by atoms with van der Waals surface area (Å²) in [6.07, 6.45) is 1.86. The predicted molar refractivity (Wildman–Crippen MR) is 79.9 cm³/mol. The molecule has 0 aromatic carbocycles. The van der Waals surface area contributed by atoms with E-state index in [2.05, 4.69) is 10.1 Å². The smallest absolute Gasteiger partial charge is 0.232 e.